The number of methoxy groups -OCH3 is 1. The molecule has 9 heteroatoms. The lowest BCUT2D eigenvalue weighted by atomic mass is 10.1. The van der Waals surface area contributed by atoms with Crippen molar-refractivity contribution < 1.29 is 23.1 Å². The van der Waals surface area contributed by atoms with Crippen LogP contribution in [-0.2, 0) is 14.8 Å². The molecule has 0 fully saturated rings. The number of ether oxygens (including phenoxy) is 1. The van der Waals surface area contributed by atoms with Gasteiger partial charge in [0.1, 0.15) is 11.3 Å². The molecule has 144 valence electrons. The molecule has 1 aromatic heterocycles. The van der Waals surface area contributed by atoms with Crippen LogP contribution in [0.2, 0.25) is 0 Å². The molecule has 0 aliphatic heterocycles. The Morgan fingerprint density at radius 3 is 2.74 bits per heavy atom. The Kier molecular flexibility index (Phi) is 6.67. The lowest BCUT2D eigenvalue weighted by molar-refractivity contribution is 0.104. The monoisotopic (exact) mass is 392 g/mol. The molecule has 3 N–H and O–H groups in total. The van der Waals surface area contributed by atoms with Crippen molar-refractivity contribution in [2.24, 2.45) is 0 Å². The number of allylic oxidation sites excluding steroid dienone is 1. The number of aromatic nitrogens is 1. The first kappa shape index (κ1) is 20.6. The molecule has 8 nitrogen and oxygen atoms in total. The normalized spacial score (nSPS) is 11.8. The summed E-state index contributed by atoms with van der Waals surface area (Å²) in [6, 6.07) is 7.23. The smallest absolute Gasteiger partial charge is 0.263 e. The van der Waals surface area contributed by atoms with Crippen LogP contribution in [0, 0.1) is 6.92 Å². The average Bonchev–Trinajstić information content (AvgIpc) is 2.59. The van der Waals surface area contributed by atoms with Gasteiger partial charge >= 0.3 is 0 Å². The molecule has 0 amide bonds. The molecule has 0 radical (unpaired) electrons. The van der Waals surface area contributed by atoms with Crippen LogP contribution in [-0.4, -0.2) is 44.6 Å². The number of rotatable bonds is 8. The molecule has 0 bridgehead atoms. The molecule has 0 atom stereocenters. The number of pyridine rings is 1. The number of H-pyrrole nitrogens is 1. The first-order valence-corrected chi connectivity index (χ1v) is 9.47. The lowest BCUT2D eigenvalue weighted by Crippen LogP contribution is -2.27. The fourth-order valence-electron chi connectivity index (χ4n) is 2.31. The van der Waals surface area contributed by atoms with Crippen LogP contribution in [0.5, 0.6) is 5.75 Å². The molecule has 2 rings (SSSR count). The van der Waals surface area contributed by atoms with Crippen molar-refractivity contribution >= 4 is 21.9 Å². The van der Waals surface area contributed by atoms with Gasteiger partial charge in [0.25, 0.3) is 5.56 Å². The van der Waals surface area contributed by atoms with E-state index in [1.165, 1.54) is 37.5 Å². The highest BCUT2D eigenvalue weighted by Crippen LogP contribution is 2.16. The quantitative estimate of drug-likeness (QED) is 0.352. The molecular formula is C18H20N2O6S. The fraction of sp³-hybridized carbons (Fsp3) is 0.222. The van der Waals surface area contributed by atoms with Gasteiger partial charge in [0, 0.05) is 19.3 Å². The Balaban J connectivity index is 2.23. The Bertz CT molecular complexity index is 1020. The van der Waals surface area contributed by atoms with Crippen LogP contribution in [0.25, 0.3) is 6.08 Å². The number of carbonyl (C=O) groups excluding carboxylic acids is 1. The summed E-state index contributed by atoms with van der Waals surface area (Å²) in [4.78, 5) is 26.5. The summed E-state index contributed by atoms with van der Waals surface area (Å²) < 4.78 is 31.6. The lowest BCUT2D eigenvalue weighted by Gasteiger charge is -2.07. The Labute approximate surface area is 156 Å². The van der Waals surface area contributed by atoms with Crippen molar-refractivity contribution in [2.75, 3.05) is 20.3 Å². The van der Waals surface area contributed by atoms with E-state index in [4.69, 9.17) is 4.74 Å². The van der Waals surface area contributed by atoms with Crippen LogP contribution < -0.4 is 10.3 Å². The van der Waals surface area contributed by atoms with Crippen molar-refractivity contribution in [1.29, 1.82) is 0 Å². The van der Waals surface area contributed by atoms with Crippen LogP contribution in [0.3, 0.4) is 0 Å². The zero-order chi connectivity index (χ0) is 20.0. The molecule has 0 aliphatic rings. The third-order valence-corrected chi connectivity index (χ3v) is 5.05. The van der Waals surface area contributed by atoms with Gasteiger partial charge < -0.3 is 14.8 Å². The van der Waals surface area contributed by atoms with Crippen molar-refractivity contribution in [3.63, 3.8) is 0 Å². The number of nitrogens with one attached hydrogen (secondary N) is 2. The van der Waals surface area contributed by atoms with Gasteiger partial charge in [0.15, 0.2) is 5.78 Å². The van der Waals surface area contributed by atoms with E-state index in [0.29, 0.717) is 11.3 Å². The SMILES string of the molecule is COCCNS(=O)(=O)c1cccc(/C=C/C(=O)c2c(O)cc(C)[nH]c2=O)c1. The third kappa shape index (κ3) is 5.36. The van der Waals surface area contributed by atoms with E-state index in [1.807, 2.05) is 0 Å². The topological polar surface area (TPSA) is 126 Å². The molecule has 2 aromatic rings. The largest absolute Gasteiger partial charge is 0.507 e. The highest BCUT2D eigenvalue weighted by Gasteiger charge is 2.15. The van der Waals surface area contributed by atoms with Gasteiger partial charge in [0.05, 0.1) is 11.5 Å². The number of aromatic amines is 1. The second kappa shape index (κ2) is 8.76. The minimum absolute atomic E-state index is 0.0317. The van der Waals surface area contributed by atoms with E-state index in [1.54, 1.807) is 13.0 Å². The summed E-state index contributed by atoms with van der Waals surface area (Å²) in [6.07, 6.45) is 2.47. The van der Waals surface area contributed by atoms with Gasteiger partial charge in [0.2, 0.25) is 10.0 Å². The number of carbonyl (C=O) groups is 1. The summed E-state index contributed by atoms with van der Waals surface area (Å²) in [5, 5.41) is 9.82. The summed E-state index contributed by atoms with van der Waals surface area (Å²) in [6.45, 7) is 1.95. The average molecular weight is 392 g/mol. The maximum Gasteiger partial charge on any atom is 0.263 e. The van der Waals surface area contributed by atoms with Crippen molar-refractivity contribution in [3.05, 3.63) is 63.6 Å². The van der Waals surface area contributed by atoms with Crippen LogP contribution >= 0.6 is 0 Å². The van der Waals surface area contributed by atoms with E-state index in [2.05, 4.69) is 9.71 Å². The second-order valence-electron chi connectivity index (χ2n) is 5.70. The molecule has 0 aliphatic carbocycles. The summed E-state index contributed by atoms with van der Waals surface area (Å²) in [7, 11) is -2.24. The summed E-state index contributed by atoms with van der Waals surface area (Å²) >= 11 is 0. The van der Waals surface area contributed by atoms with Crippen molar-refractivity contribution in [3.8, 4) is 5.75 Å². The maximum absolute atomic E-state index is 12.2. The molecule has 0 saturated heterocycles. The van der Waals surface area contributed by atoms with E-state index in [0.717, 1.165) is 6.08 Å². The van der Waals surface area contributed by atoms with Gasteiger partial charge in [-0.1, -0.05) is 18.2 Å². The summed E-state index contributed by atoms with van der Waals surface area (Å²) in [5.41, 5.74) is -0.194. The van der Waals surface area contributed by atoms with E-state index >= 15 is 0 Å². The summed E-state index contributed by atoms with van der Waals surface area (Å²) in [5.74, 6) is -1.11. The molecule has 27 heavy (non-hydrogen) atoms. The zero-order valence-electron chi connectivity index (χ0n) is 14.9. The Hall–Kier alpha value is -2.75. The van der Waals surface area contributed by atoms with Gasteiger partial charge in [-0.25, -0.2) is 13.1 Å². The highest BCUT2D eigenvalue weighted by molar-refractivity contribution is 7.89. The van der Waals surface area contributed by atoms with Gasteiger partial charge in [-0.05, 0) is 36.8 Å². The Morgan fingerprint density at radius 1 is 1.33 bits per heavy atom. The second-order valence-corrected chi connectivity index (χ2v) is 7.47. The maximum atomic E-state index is 12.2. The molecule has 1 heterocycles. The van der Waals surface area contributed by atoms with Crippen molar-refractivity contribution in [2.45, 2.75) is 11.8 Å². The number of sulfonamides is 1. The van der Waals surface area contributed by atoms with Crippen LogP contribution in [0.15, 0.2) is 46.1 Å². The van der Waals surface area contributed by atoms with Crippen molar-refractivity contribution in [1.82, 2.24) is 9.71 Å². The molecule has 1 aromatic carbocycles. The van der Waals surface area contributed by atoms with E-state index < -0.39 is 27.1 Å². The molecule has 0 spiro atoms. The van der Waals surface area contributed by atoms with Crippen LogP contribution in [0.4, 0.5) is 0 Å². The van der Waals surface area contributed by atoms with Gasteiger partial charge in [-0.3, -0.25) is 9.59 Å². The number of aryl methyl sites for hydroxylation is 1. The number of benzene rings is 1. The zero-order valence-corrected chi connectivity index (χ0v) is 15.7. The molecular weight excluding hydrogens is 372 g/mol. The predicted molar refractivity (Wildman–Crippen MR) is 100 cm³/mol. The van der Waals surface area contributed by atoms with E-state index in [9.17, 15) is 23.1 Å². The minimum Gasteiger partial charge on any atom is -0.507 e. The number of aromatic hydroxyl groups is 1. The highest BCUT2D eigenvalue weighted by atomic mass is 32.2. The minimum atomic E-state index is -3.71. The first-order valence-electron chi connectivity index (χ1n) is 7.98. The number of hydrogen-bond donors (Lipinski definition) is 3. The molecule has 0 unspecified atom stereocenters. The first-order chi connectivity index (χ1) is 12.7. The fourth-order valence-corrected chi connectivity index (χ4v) is 3.38. The predicted octanol–water partition coefficient (Wildman–Crippen LogP) is 1.21. The van der Waals surface area contributed by atoms with Gasteiger partial charge in [-0.15, -0.1) is 0 Å². The van der Waals surface area contributed by atoms with Gasteiger partial charge in [-0.2, -0.15) is 0 Å². The standard InChI is InChI=1S/C18H20N2O6S/c1-12-10-16(22)17(18(23)20-12)15(21)7-6-13-4-3-5-14(11-13)27(24,25)19-8-9-26-2/h3-7,10-11,19H,8-9H2,1-2H3,(H2,20,22,23)/b7-6+. The Morgan fingerprint density at radius 2 is 2.07 bits per heavy atom. The third-order valence-electron chi connectivity index (χ3n) is 3.59. The van der Waals surface area contributed by atoms with E-state index in [-0.39, 0.29) is 23.6 Å². The van der Waals surface area contributed by atoms with Crippen LogP contribution in [0.1, 0.15) is 21.6 Å². The number of hydrogen-bond acceptors (Lipinski definition) is 6. The number of ketones is 1. The molecule has 0 saturated carbocycles.